The van der Waals surface area contributed by atoms with E-state index in [9.17, 15) is 9.90 Å². The van der Waals surface area contributed by atoms with Crippen LogP contribution < -0.4 is 0 Å². The molecule has 17 heavy (non-hydrogen) atoms. The summed E-state index contributed by atoms with van der Waals surface area (Å²) in [5.74, 6) is -1.08. The summed E-state index contributed by atoms with van der Waals surface area (Å²) >= 11 is 5.99. The van der Waals surface area contributed by atoms with Crippen molar-refractivity contribution < 1.29 is 9.90 Å². The van der Waals surface area contributed by atoms with Gasteiger partial charge in [0, 0.05) is 11.0 Å². The molecule has 1 heterocycles. The standard InChI is InChI=1S/C13H12ClNO2/c14-7-4-5-11-10(6-7)8-2-1-3-9(13(16)17)12(8)15-11/h4-6,9-10H,1-3H2,(H,16,17)/t9-,10-/m0/s1. The summed E-state index contributed by atoms with van der Waals surface area (Å²) in [6, 6.07) is 0. The molecule has 0 bridgehead atoms. The van der Waals surface area contributed by atoms with Crippen molar-refractivity contribution in [2.45, 2.75) is 19.3 Å². The minimum Gasteiger partial charge on any atom is -0.481 e. The molecule has 0 amide bonds. The molecule has 3 nitrogen and oxygen atoms in total. The number of hydrogen-bond acceptors (Lipinski definition) is 2. The number of allylic oxidation sites excluding steroid dienone is 5. The van der Waals surface area contributed by atoms with Crippen LogP contribution in [0.3, 0.4) is 0 Å². The molecule has 0 radical (unpaired) electrons. The molecular weight excluding hydrogens is 238 g/mol. The smallest absolute Gasteiger partial charge is 0.312 e. The van der Waals surface area contributed by atoms with Gasteiger partial charge < -0.3 is 5.11 Å². The Morgan fingerprint density at radius 1 is 1.47 bits per heavy atom. The van der Waals surface area contributed by atoms with Gasteiger partial charge in [0.2, 0.25) is 0 Å². The Bertz CT molecular complexity index is 514. The zero-order valence-electron chi connectivity index (χ0n) is 9.19. The lowest BCUT2D eigenvalue weighted by molar-refractivity contribution is -0.140. The van der Waals surface area contributed by atoms with Gasteiger partial charge >= 0.3 is 5.97 Å². The van der Waals surface area contributed by atoms with Gasteiger partial charge in [0.05, 0.1) is 17.3 Å². The monoisotopic (exact) mass is 249 g/mol. The first kappa shape index (κ1) is 10.8. The topological polar surface area (TPSA) is 49.7 Å². The highest BCUT2D eigenvalue weighted by atomic mass is 35.5. The van der Waals surface area contributed by atoms with Crippen LogP contribution in [0.15, 0.2) is 39.5 Å². The number of carbonyl (C=O) groups is 1. The van der Waals surface area contributed by atoms with E-state index in [1.807, 2.05) is 18.2 Å². The Labute approximate surface area is 104 Å². The van der Waals surface area contributed by atoms with E-state index in [0.717, 1.165) is 29.8 Å². The molecule has 3 rings (SSSR count). The number of carboxylic acid groups (broad SMARTS) is 1. The van der Waals surface area contributed by atoms with Gasteiger partial charge in [-0.05, 0) is 37.0 Å². The molecular formula is C13H12ClNO2. The molecule has 0 unspecified atom stereocenters. The predicted molar refractivity (Wildman–Crippen MR) is 66.0 cm³/mol. The Kier molecular flexibility index (Phi) is 2.44. The number of hydrogen-bond donors (Lipinski definition) is 1. The SMILES string of the molecule is O=C(O)[C@H]1CCCC2=C1N=C1C=CC(Cl)=C[C@H]12. The number of rotatable bonds is 1. The summed E-state index contributed by atoms with van der Waals surface area (Å²) in [7, 11) is 0. The maximum atomic E-state index is 11.2. The van der Waals surface area contributed by atoms with Crippen molar-refractivity contribution in [1.29, 1.82) is 0 Å². The third-order valence-electron chi connectivity index (χ3n) is 3.58. The second kappa shape index (κ2) is 3.84. The minimum absolute atomic E-state index is 0.115. The molecule has 0 spiro atoms. The molecule has 88 valence electrons. The fraction of sp³-hybridized carbons (Fsp3) is 0.385. The first-order valence-electron chi connectivity index (χ1n) is 5.76. The maximum Gasteiger partial charge on any atom is 0.312 e. The normalized spacial score (nSPS) is 30.6. The highest BCUT2D eigenvalue weighted by molar-refractivity contribution is 6.32. The largest absolute Gasteiger partial charge is 0.481 e. The van der Waals surface area contributed by atoms with Crippen LogP contribution in [0.4, 0.5) is 0 Å². The average Bonchev–Trinajstić information content (AvgIpc) is 2.66. The Morgan fingerprint density at radius 3 is 3.06 bits per heavy atom. The number of carboxylic acids is 1. The van der Waals surface area contributed by atoms with Crippen LogP contribution >= 0.6 is 11.6 Å². The maximum absolute atomic E-state index is 11.2. The molecule has 0 aromatic carbocycles. The van der Waals surface area contributed by atoms with Crippen molar-refractivity contribution in [3.8, 4) is 0 Å². The van der Waals surface area contributed by atoms with Gasteiger partial charge in [-0.25, -0.2) is 0 Å². The van der Waals surface area contributed by atoms with E-state index in [2.05, 4.69) is 4.99 Å². The summed E-state index contributed by atoms with van der Waals surface area (Å²) in [6.45, 7) is 0. The molecule has 3 aliphatic rings. The number of aliphatic imine (C=N–C) groups is 1. The first-order valence-corrected chi connectivity index (χ1v) is 6.14. The van der Waals surface area contributed by atoms with E-state index in [4.69, 9.17) is 11.6 Å². The van der Waals surface area contributed by atoms with Crippen molar-refractivity contribution in [3.63, 3.8) is 0 Å². The lowest BCUT2D eigenvalue weighted by atomic mass is 9.81. The summed E-state index contributed by atoms with van der Waals surface area (Å²) in [5.41, 5.74) is 2.87. The van der Waals surface area contributed by atoms with Crippen LogP contribution in [-0.2, 0) is 4.79 Å². The van der Waals surface area contributed by atoms with Crippen molar-refractivity contribution >= 4 is 23.3 Å². The van der Waals surface area contributed by atoms with E-state index >= 15 is 0 Å². The van der Waals surface area contributed by atoms with Gasteiger partial charge in [0.15, 0.2) is 0 Å². The van der Waals surface area contributed by atoms with Crippen molar-refractivity contribution in [3.05, 3.63) is 34.5 Å². The van der Waals surface area contributed by atoms with Gasteiger partial charge in [0.25, 0.3) is 0 Å². The number of fused-ring (bicyclic) bond motifs is 2. The van der Waals surface area contributed by atoms with E-state index in [-0.39, 0.29) is 5.92 Å². The van der Waals surface area contributed by atoms with E-state index < -0.39 is 11.9 Å². The number of aliphatic carboxylic acids is 1. The van der Waals surface area contributed by atoms with Crippen molar-refractivity contribution in [2.75, 3.05) is 0 Å². The van der Waals surface area contributed by atoms with Gasteiger partial charge in [-0.15, -0.1) is 0 Å². The zero-order valence-corrected chi connectivity index (χ0v) is 9.94. The van der Waals surface area contributed by atoms with Crippen LogP contribution in [0.25, 0.3) is 0 Å². The Balaban J connectivity index is 2.04. The van der Waals surface area contributed by atoms with Crippen LogP contribution in [-0.4, -0.2) is 16.8 Å². The molecule has 0 saturated carbocycles. The van der Waals surface area contributed by atoms with Crippen LogP contribution in [0, 0.1) is 11.8 Å². The van der Waals surface area contributed by atoms with E-state index in [1.54, 1.807) is 0 Å². The Morgan fingerprint density at radius 2 is 2.29 bits per heavy atom. The molecule has 0 aromatic rings. The van der Waals surface area contributed by atoms with Crippen LogP contribution in [0.5, 0.6) is 0 Å². The summed E-state index contributed by atoms with van der Waals surface area (Å²) < 4.78 is 0. The van der Waals surface area contributed by atoms with E-state index in [1.165, 1.54) is 0 Å². The fourth-order valence-corrected chi connectivity index (χ4v) is 2.97. The molecule has 2 atom stereocenters. The molecule has 1 N–H and O–H groups in total. The van der Waals surface area contributed by atoms with Crippen molar-refractivity contribution in [2.24, 2.45) is 16.8 Å². The molecule has 0 saturated heterocycles. The minimum atomic E-state index is -0.765. The highest BCUT2D eigenvalue weighted by Gasteiger charge is 2.37. The molecule has 4 heteroatoms. The van der Waals surface area contributed by atoms with Gasteiger partial charge in [-0.3, -0.25) is 9.79 Å². The number of nitrogens with zero attached hydrogens (tertiary/aromatic N) is 1. The second-order valence-electron chi connectivity index (χ2n) is 4.59. The van der Waals surface area contributed by atoms with Crippen molar-refractivity contribution in [1.82, 2.24) is 0 Å². The van der Waals surface area contributed by atoms with Gasteiger partial charge in [-0.2, -0.15) is 0 Å². The molecule has 1 aliphatic heterocycles. The summed E-state index contributed by atoms with van der Waals surface area (Å²) in [6.07, 6.45) is 8.22. The zero-order chi connectivity index (χ0) is 12.0. The lowest BCUT2D eigenvalue weighted by Gasteiger charge is -2.22. The predicted octanol–water partition coefficient (Wildman–Crippen LogP) is 2.89. The first-order chi connectivity index (χ1) is 8.16. The third kappa shape index (κ3) is 1.65. The lowest BCUT2D eigenvalue weighted by Crippen LogP contribution is -2.20. The molecule has 0 fully saturated rings. The summed E-state index contributed by atoms with van der Waals surface area (Å²) in [5, 5.41) is 9.92. The molecule has 2 aliphatic carbocycles. The second-order valence-corrected chi connectivity index (χ2v) is 5.03. The Hall–Kier alpha value is -1.35. The fourth-order valence-electron chi connectivity index (χ4n) is 2.78. The number of halogens is 1. The van der Waals surface area contributed by atoms with E-state index in [0.29, 0.717) is 11.5 Å². The molecule has 0 aromatic heterocycles. The quantitative estimate of drug-likeness (QED) is 0.777. The average molecular weight is 250 g/mol. The highest BCUT2D eigenvalue weighted by Crippen LogP contribution is 2.42. The van der Waals surface area contributed by atoms with Gasteiger partial charge in [-0.1, -0.05) is 17.7 Å². The summed E-state index contributed by atoms with van der Waals surface area (Å²) in [4.78, 5) is 15.7. The third-order valence-corrected chi connectivity index (χ3v) is 3.83. The van der Waals surface area contributed by atoms with Crippen LogP contribution in [0.1, 0.15) is 19.3 Å². The van der Waals surface area contributed by atoms with Crippen LogP contribution in [0.2, 0.25) is 0 Å². The van der Waals surface area contributed by atoms with Gasteiger partial charge in [0.1, 0.15) is 0 Å².